The highest BCUT2D eigenvalue weighted by Gasteiger charge is 2.43. The van der Waals surface area contributed by atoms with Gasteiger partial charge in [-0.3, -0.25) is 4.79 Å². The first-order valence-corrected chi connectivity index (χ1v) is 11.6. The number of ketones is 1. The summed E-state index contributed by atoms with van der Waals surface area (Å²) in [6.45, 7) is 2.11. The Hall–Kier alpha value is -3.06. The van der Waals surface area contributed by atoms with Crippen molar-refractivity contribution in [3.8, 4) is 11.5 Å². The molecule has 4 rings (SSSR count). The van der Waals surface area contributed by atoms with Gasteiger partial charge in [0, 0.05) is 29.3 Å². The van der Waals surface area contributed by atoms with E-state index in [0.29, 0.717) is 35.6 Å². The molecule has 0 aromatic heterocycles. The number of rotatable bonds is 6. The molecule has 2 aliphatic rings. The van der Waals surface area contributed by atoms with Crippen molar-refractivity contribution in [2.45, 2.75) is 32.3 Å². The minimum absolute atomic E-state index is 0.112. The fraction of sp³-hybridized carbons (Fsp3) is 0.308. The fourth-order valence-corrected chi connectivity index (χ4v) is 4.97. The Morgan fingerprint density at radius 2 is 1.91 bits per heavy atom. The van der Waals surface area contributed by atoms with Crippen LogP contribution in [0.5, 0.6) is 11.5 Å². The van der Waals surface area contributed by atoms with Gasteiger partial charge in [-0.05, 0) is 59.1 Å². The van der Waals surface area contributed by atoms with Gasteiger partial charge in [-0.1, -0.05) is 24.3 Å². The van der Waals surface area contributed by atoms with Gasteiger partial charge in [0.1, 0.15) is 23.9 Å². The van der Waals surface area contributed by atoms with Crippen molar-refractivity contribution in [2.24, 2.45) is 5.92 Å². The van der Waals surface area contributed by atoms with E-state index in [1.54, 1.807) is 7.11 Å². The minimum Gasteiger partial charge on any atom is -0.496 e. The van der Waals surface area contributed by atoms with Gasteiger partial charge < -0.3 is 19.5 Å². The van der Waals surface area contributed by atoms with Gasteiger partial charge in [0.25, 0.3) is 0 Å². The van der Waals surface area contributed by atoms with Gasteiger partial charge in [0.05, 0.1) is 30.2 Å². The molecule has 0 bridgehead atoms. The Morgan fingerprint density at radius 3 is 2.64 bits per heavy atom. The normalized spacial score (nSPS) is 19.9. The standard InChI is InChI=1S/C26H26BrNO5/c1-15-23(26(30)32-3)24(25-19(28-15)8-6-9-20(25)29)16-11-12-21(31-2)17(13-16)14-33-22-10-5-4-7-18(22)27/h4-5,7-8,10-13,24-25,28H,6,9,14H2,1-3H3. The Bertz CT molecular complexity index is 1150. The number of benzene rings is 2. The number of methoxy groups -OCH3 is 2. The van der Waals surface area contributed by atoms with Crippen molar-refractivity contribution in [3.05, 3.63) is 81.1 Å². The molecule has 0 radical (unpaired) electrons. The molecule has 1 aliphatic carbocycles. The monoisotopic (exact) mass is 511 g/mol. The number of hydrogen-bond acceptors (Lipinski definition) is 6. The molecule has 7 heteroatoms. The Kier molecular flexibility index (Phi) is 6.88. The lowest BCUT2D eigenvalue weighted by atomic mass is 9.71. The molecule has 2 aromatic carbocycles. The summed E-state index contributed by atoms with van der Waals surface area (Å²) in [5.74, 6) is 0.147. The summed E-state index contributed by atoms with van der Waals surface area (Å²) in [7, 11) is 2.97. The second-order valence-corrected chi connectivity index (χ2v) is 8.92. The number of nitrogens with one attached hydrogen (secondary N) is 1. The third-order valence-corrected chi connectivity index (χ3v) is 6.76. The zero-order valence-corrected chi connectivity index (χ0v) is 20.4. The van der Waals surface area contributed by atoms with Gasteiger partial charge in [-0.25, -0.2) is 4.79 Å². The molecule has 0 fully saturated rings. The van der Waals surface area contributed by atoms with Crippen LogP contribution < -0.4 is 14.8 Å². The van der Waals surface area contributed by atoms with E-state index in [1.807, 2.05) is 49.4 Å². The Labute approximate surface area is 201 Å². The highest BCUT2D eigenvalue weighted by Crippen LogP contribution is 2.44. The Balaban J connectivity index is 1.77. The summed E-state index contributed by atoms with van der Waals surface area (Å²) in [5, 5.41) is 3.27. The molecule has 1 aliphatic heterocycles. The van der Waals surface area contributed by atoms with Crippen LogP contribution in [0, 0.1) is 5.92 Å². The van der Waals surface area contributed by atoms with Crippen molar-refractivity contribution in [1.29, 1.82) is 0 Å². The van der Waals surface area contributed by atoms with E-state index in [2.05, 4.69) is 27.3 Å². The van der Waals surface area contributed by atoms with Gasteiger partial charge in [0.2, 0.25) is 0 Å². The van der Waals surface area contributed by atoms with Crippen molar-refractivity contribution in [2.75, 3.05) is 14.2 Å². The lowest BCUT2D eigenvalue weighted by Crippen LogP contribution is -2.40. The molecule has 0 amide bonds. The molecule has 33 heavy (non-hydrogen) atoms. The smallest absolute Gasteiger partial charge is 0.336 e. The van der Waals surface area contributed by atoms with Gasteiger partial charge in [-0.2, -0.15) is 0 Å². The summed E-state index contributed by atoms with van der Waals surface area (Å²) in [6, 6.07) is 13.3. The Morgan fingerprint density at radius 1 is 1.12 bits per heavy atom. The zero-order valence-electron chi connectivity index (χ0n) is 18.8. The van der Waals surface area contributed by atoms with Crippen molar-refractivity contribution in [3.63, 3.8) is 0 Å². The SMILES string of the molecule is COC(=O)C1=C(C)NC2=CCCC(=O)C2C1c1ccc(OC)c(COc2ccccc2Br)c1. The average Bonchev–Trinajstić information content (AvgIpc) is 2.82. The lowest BCUT2D eigenvalue weighted by molar-refractivity contribution is -0.136. The number of esters is 1. The number of ether oxygens (including phenoxy) is 3. The van der Waals surface area contributed by atoms with E-state index in [9.17, 15) is 9.59 Å². The summed E-state index contributed by atoms with van der Waals surface area (Å²) >= 11 is 3.50. The number of fused-ring (bicyclic) bond motifs is 1. The quantitative estimate of drug-likeness (QED) is 0.548. The topological polar surface area (TPSA) is 73.9 Å². The summed E-state index contributed by atoms with van der Waals surface area (Å²) in [5.41, 5.74) is 3.68. The number of Topliss-reactive ketones (excluding diaryl/α,β-unsaturated/α-hetero) is 1. The fourth-order valence-electron chi connectivity index (χ4n) is 4.58. The molecule has 0 saturated heterocycles. The maximum Gasteiger partial charge on any atom is 0.336 e. The number of para-hydroxylation sites is 1. The number of allylic oxidation sites excluding steroid dienone is 3. The number of hydrogen-bond donors (Lipinski definition) is 1. The lowest BCUT2D eigenvalue weighted by Gasteiger charge is -2.38. The second-order valence-electron chi connectivity index (χ2n) is 8.07. The van der Waals surface area contributed by atoms with E-state index < -0.39 is 17.8 Å². The van der Waals surface area contributed by atoms with E-state index in [4.69, 9.17) is 14.2 Å². The van der Waals surface area contributed by atoms with Crippen molar-refractivity contribution >= 4 is 27.7 Å². The molecular weight excluding hydrogens is 486 g/mol. The molecular formula is C26H26BrNO5. The predicted octanol–water partition coefficient (Wildman–Crippen LogP) is 5.03. The minimum atomic E-state index is -0.456. The van der Waals surface area contributed by atoms with Crippen LogP contribution in [0.4, 0.5) is 0 Å². The average molecular weight is 512 g/mol. The summed E-state index contributed by atoms with van der Waals surface area (Å²) < 4.78 is 17.5. The van der Waals surface area contributed by atoms with Gasteiger partial charge >= 0.3 is 5.97 Å². The summed E-state index contributed by atoms with van der Waals surface area (Å²) in [6.07, 6.45) is 3.20. The van der Waals surface area contributed by atoms with Crippen LogP contribution in [0.3, 0.4) is 0 Å². The van der Waals surface area contributed by atoms with Crippen LogP contribution in [0.15, 0.2) is 70.0 Å². The predicted molar refractivity (Wildman–Crippen MR) is 128 cm³/mol. The second kappa shape index (κ2) is 9.83. The van der Waals surface area contributed by atoms with Crippen molar-refractivity contribution in [1.82, 2.24) is 5.32 Å². The molecule has 0 spiro atoms. The van der Waals surface area contributed by atoms with Crippen LogP contribution in [0.25, 0.3) is 0 Å². The molecule has 2 unspecified atom stereocenters. The molecule has 6 nitrogen and oxygen atoms in total. The first kappa shape index (κ1) is 23.1. The molecule has 172 valence electrons. The number of carbonyl (C=O) groups is 2. The van der Waals surface area contributed by atoms with Crippen LogP contribution in [-0.4, -0.2) is 26.0 Å². The largest absolute Gasteiger partial charge is 0.496 e. The first-order chi connectivity index (χ1) is 15.9. The third kappa shape index (κ3) is 4.55. The first-order valence-electron chi connectivity index (χ1n) is 10.8. The maximum absolute atomic E-state index is 13.0. The highest BCUT2D eigenvalue weighted by atomic mass is 79.9. The van der Waals surface area contributed by atoms with Crippen molar-refractivity contribution < 1.29 is 23.8 Å². The van der Waals surface area contributed by atoms with E-state index in [-0.39, 0.29) is 12.4 Å². The number of halogens is 1. The van der Waals surface area contributed by atoms with E-state index in [0.717, 1.165) is 21.3 Å². The van der Waals surface area contributed by atoms with E-state index >= 15 is 0 Å². The van der Waals surface area contributed by atoms with Gasteiger partial charge in [0.15, 0.2) is 0 Å². The van der Waals surface area contributed by atoms with Crippen LogP contribution in [0.2, 0.25) is 0 Å². The van der Waals surface area contributed by atoms with Crippen LogP contribution >= 0.6 is 15.9 Å². The zero-order chi connectivity index (χ0) is 23.5. The molecule has 1 N–H and O–H groups in total. The van der Waals surface area contributed by atoms with Crippen LogP contribution in [0.1, 0.15) is 36.8 Å². The molecule has 0 saturated carbocycles. The van der Waals surface area contributed by atoms with Crippen LogP contribution in [-0.2, 0) is 20.9 Å². The highest BCUT2D eigenvalue weighted by molar-refractivity contribution is 9.10. The molecule has 2 atom stereocenters. The number of carbonyl (C=O) groups excluding carboxylic acids is 2. The van der Waals surface area contributed by atoms with Gasteiger partial charge in [-0.15, -0.1) is 0 Å². The molecule has 2 aromatic rings. The molecule has 1 heterocycles. The van der Waals surface area contributed by atoms with E-state index in [1.165, 1.54) is 7.11 Å². The third-order valence-electron chi connectivity index (χ3n) is 6.11. The maximum atomic E-state index is 13.0. The summed E-state index contributed by atoms with van der Waals surface area (Å²) in [4.78, 5) is 25.8.